The lowest BCUT2D eigenvalue weighted by molar-refractivity contribution is 0.00578. The van der Waals surface area contributed by atoms with E-state index in [-0.39, 0.29) is 5.69 Å². The molecule has 3 heterocycles. The fraction of sp³-hybridized carbons (Fsp3) is 0.474. The normalized spacial score (nSPS) is 18.6. The van der Waals surface area contributed by atoms with Crippen LogP contribution in [0.25, 0.3) is 22.2 Å². The van der Waals surface area contributed by atoms with Gasteiger partial charge in [0.05, 0.1) is 27.9 Å². The monoisotopic (exact) mass is 369 g/mol. The van der Waals surface area contributed by atoms with Crippen LogP contribution in [0.3, 0.4) is 0 Å². The lowest BCUT2D eigenvalue weighted by Gasteiger charge is -2.32. The molecule has 27 heavy (non-hydrogen) atoms. The Morgan fingerprint density at radius 1 is 1.11 bits per heavy atom. The molecule has 2 aromatic heterocycles. The second-order valence-electron chi connectivity index (χ2n) is 8.24. The summed E-state index contributed by atoms with van der Waals surface area (Å²) >= 11 is 0. The van der Waals surface area contributed by atoms with Gasteiger partial charge in [-0.15, -0.1) is 0 Å². The van der Waals surface area contributed by atoms with Crippen molar-refractivity contribution in [2.45, 2.75) is 52.7 Å². The summed E-state index contributed by atoms with van der Waals surface area (Å²) in [6, 6.07) is 3.95. The van der Waals surface area contributed by atoms with Gasteiger partial charge in [0.15, 0.2) is 0 Å². The Bertz CT molecular complexity index is 1070. The van der Waals surface area contributed by atoms with Crippen molar-refractivity contribution < 1.29 is 13.8 Å². The van der Waals surface area contributed by atoms with Gasteiger partial charge in [-0.25, -0.2) is 4.79 Å². The molecule has 0 unspecified atom stereocenters. The molecule has 0 spiro atoms. The molecule has 1 aliphatic rings. The van der Waals surface area contributed by atoms with E-state index in [1.54, 1.807) is 11.6 Å². The van der Waals surface area contributed by atoms with Crippen LogP contribution >= 0.6 is 0 Å². The molecule has 0 amide bonds. The van der Waals surface area contributed by atoms with Crippen molar-refractivity contribution in [3.8, 4) is 11.1 Å². The Hall–Kier alpha value is -2.32. The number of rotatable bonds is 2. The highest BCUT2D eigenvalue weighted by atomic mass is 16.7. The number of benzene rings is 1. The van der Waals surface area contributed by atoms with E-state index in [0.717, 1.165) is 39.1 Å². The molecule has 7 nitrogen and oxygen atoms in total. The van der Waals surface area contributed by atoms with E-state index in [1.165, 1.54) is 0 Å². The second kappa shape index (κ2) is 5.59. The molecule has 1 fully saturated rings. The van der Waals surface area contributed by atoms with Crippen molar-refractivity contribution in [2.75, 3.05) is 0 Å². The van der Waals surface area contributed by atoms with Crippen LogP contribution in [0.1, 0.15) is 39.1 Å². The summed E-state index contributed by atoms with van der Waals surface area (Å²) in [4.78, 5) is 15.2. The molecule has 0 aliphatic carbocycles. The molecule has 8 heteroatoms. The molecule has 0 atom stereocenters. The Labute approximate surface area is 157 Å². The summed E-state index contributed by atoms with van der Waals surface area (Å²) < 4.78 is 19.5. The highest BCUT2D eigenvalue weighted by Crippen LogP contribution is 2.37. The predicted molar refractivity (Wildman–Crippen MR) is 104 cm³/mol. The van der Waals surface area contributed by atoms with Crippen LogP contribution in [0.2, 0.25) is 0 Å². The predicted octanol–water partition coefficient (Wildman–Crippen LogP) is 2.44. The van der Waals surface area contributed by atoms with E-state index in [9.17, 15) is 4.79 Å². The average Bonchev–Trinajstić information content (AvgIpc) is 3.12. The zero-order chi connectivity index (χ0) is 19.7. The molecule has 0 saturated carbocycles. The Morgan fingerprint density at radius 2 is 1.74 bits per heavy atom. The standard InChI is InChI=1S/C19H24BN3O4/c1-10-15(11(2)25-22-10)12-8-13(16-14(9-12)21-17(24)23(16)7)20-26-18(3,4)19(5,6)27-20/h8-9H,1-7H3,(H,21,24). The maximum Gasteiger partial charge on any atom is 0.497 e. The van der Waals surface area contributed by atoms with Gasteiger partial charge in [0.1, 0.15) is 5.76 Å². The molecule has 1 aromatic carbocycles. The average molecular weight is 369 g/mol. The van der Waals surface area contributed by atoms with Crippen molar-refractivity contribution in [3.05, 3.63) is 34.1 Å². The molecule has 1 saturated heterocycles. The molecule has 1 aliphatic heterocycles. The van der Waals surface area contributed by atoms with Crippen LogP contribution in [-0.4, -0.2) is 33.0 Å². The van der Waals surface area contributed by atoms with Gasteiger partial charge < -0.3 is 18.8 Å². The van der Waals surface area contributed by atoms with Gasteiger partial charge in [0, 0.05) is 18.1 Å². The van der Waals surface area contributed by atoms with Crippen molar-refractivity contribution >= 4 is 23.6 Å². The fourth-order valence-electron chi connectivity index (χ4n) is 3.62. The van der Waals surface area contributed by atoms with Crippen LogP contribution in [-0.2, 0) is 16.4 Å². The van der Waals surface area contributed by atoms with Crippen molar-refractivity contribution in [1.82, 2.24) is 14.7 Å². The second-order valence-corrected chi connectivity index (χ2v) is 8.24. The zero-order valence-electron chi connectivity index (χ0n) is 16.8. The Kier molecular flexibility index (Phi) is 3.74. The first kappa shape index (κ1) is 18.1. The van der Waals surface area contributed by atoms with Crippen LogP contribution in [0.15, 0.2) is 21.5 Å². The largest absolute Gasteiger partial charge is 0.497 e. The number of nitrogens with one attached hydrogen (secondary N) is 1. The van der Waals surface area contributed by atoms with Gasteiger partial charge in [-0.1, -0.05) is 11.2 Å². The van der Waals surface area contributed by atoms with Gasteiger partial charge in [-0.05, 0) is 53.2 Å². The Morgan fingerprint density at radius 3 is 2.30 bits per heavy atom. The summed E-state index contributed by atoms with van der Waals surface area (Å²) in [5, 5.41) is 4.05. The van der Waals surface area contributed by atoms with E-state index < -0.39 is 18.3 Å². The SMILES string of the molecule is Cc1noc(C)c1-c1cc(B2OC(C)(C)C(C)(C)O2)c2c(c1)[nH]c(=O)n2C. The number of aromatic nitrogens is 3. The number of H-pyrrole nitrogens is 1. The molecular weight excluding hydrogens is 345 g/mol. The summed E-state index contributed by atoms with van der Waals surface area (Å²) in [7, 11) is 1.16. The maximum atomic E-state index is 12.3. The molecule has 142 valence electrons. The van der Waals surface area contributed by atoms with Gasteiger partial charge in [0.25, 0.3) is 0 Å². The van der Waals surface area contributed by atoms with Crippen molar-refractivity contribution in [2.24, 2.45) is 7.05 Å². The van der Waals surface area contributed by atoms with Crippen molar-refractivity contribution in [1.29, 1.82) is 0 Å². The fourth-order valence-corrected chi connectivity index (χ4v) is 3.62. The summed E-state index contributed by atoms with van der Waals surface area (Å²) in [6.07, 6.45) is 0. The quantitative estimate of drug-likeness (QED) is 0.702. The van der Waals surface area contributed by atoms with Crippen LogP contribution in [0, 0.1) is 13.8 Å². The van der Waals surface area contributed by atoms with E-state index in [2.05, 4.69) is 10.1 Å². The number of hydrogen-bond donors (Lipinski definition) is 1. The summed E-state index contributed by atoms with van der Waals surface area (Å²) in [6.45, 7) is 11.8. The summed E-state index contributed by atoms with van der Waals surface area (Å²) in [5.41, 5.74) is 3.80. The first-order valence-corrected chi connectivity index (χ1v) is 9.03. The highest BCUT2D eigenvalue weighted by molar-refractivity contribution is 6.65. The van der Waals surface area contributed by atoms with Crippen molar-refractivity contribution in [3.63, 3.8) is 0 Å². The van der Waals surface area contributed by atoms with Crippen LogP contribution in [0.4, 0.5) is 0 Å². The highest BCUT2D eigenvalue weighted by Gasteiger charge is 2.52. The first-order chi connectivity index (χ1) is 12.5. The lowest BCUT2D eigenvalue weighted by Crippen LogP contribution is -2.41. The van der Waals surface area contributed by atoms with Gasteiger partial charge >= 0.3 is 12.8 Å². The van der Waals surface area contributed by atoms with E-state index in [0.29, 0.717) is 0 Å². The van der Waals surface area contributed by atoms with Crippen LogP contribution in [0.5, 0.6) is 0 Å². The topological polar surface area (TPSA) is 82.3 Å². The maximum absolute atomic E-state index is 12.3. The molecule has 3 aromatic rings. The van der Waals surface area contributed by atoms with E-state index >= 15 is 0 Å². The van der Waals surface area contributed by atoms with E-state index in [4.69, 9.17) is 13.8 Å². The number of aryl methyl sites for hydroxylation is 3. The number of hydrogen-bond acceptors (Lipinski definition) is 5. The molecular formula is C19H24BN3O4. The number of nitrogens with zero attached hydrogens (tertiary/aromatic N) is 2. The minimum atomic E-state index is -0.584. The minimum absolute atomic E-state index is 0.182. The third kappa shape index (κ3) is 2.58. The number of aromatic amines is 1. The lowest BCUT2D eigenvalue weighted by atomic mass is 9.76. The zero-order valence-corrected chi connectivity index (χ0v) is 16.8. The minimum Gasteiger partial charge on any atom is -0.399 e. The smallest absolute Gasteiger partial charge is 0.399 e. The number of imidazole rings is 1. The van der Waals surface area contributed by atoms with E-state index in [1.807, 2.05) is 53.7 Å². The summed E-state index contributed by atoms with van der Waals surface area (Å²) in [5.74, 6) is 0.727. The third-order valence-corrected chi connectivity index (χ3v) is 5.85. The number of fused-ring (bicyclic) bond motifs is 1. The molecule has 4 rings (SSSR count). The van der Waals surface area contributed by atoms with Gasteiger partial charge in [-0.2, -0.15) is 0 Å². The van der Waals surface area contributed by atoms with Gasteiger partial charge in [0.2, 0.25) is 0 Å². The molecule has 0 bridgehead atoms. The molecule has 0 radical (unpaired) electrons. The third-order valence-electron chi connectivity index (χ3n) is 5.85. The van der Waals surface area contributed by atoms with Gasteiger partial charge in [-0.3, -0.25) is 4.57 Å². The Balaban J connectivity index is 1.98. The van der Waals surface area contributed by atoms with Crippen LogP contribution < -0.4 is 11.2 Å². The molecule has 1 N–H and O–H groups in total. The first-order valence-electron chi connectivity index (χ1n) is 9.03.